The van der Waals surface area contributed by atoms with Crippen molar-refractivity contribution in [3.05, 3.63) is 35.1 Å². The number of benzene rings is 1. The van der Waals surface area contributed by atoms with Crippen LogP contribution in [0.25, 0.3) is 0 Å². The standard InChI is InChI=1S/C15H20FN3O/c1-3-18-10-14-15(19(2)6-7-20-14)11-4-5-13(16)12(8-11)9-17/h4-5,8,14-15,18H,3,6-7,10H2,1-2H3. The second-order valence-corrected chi connectivity index (χ2v) is 4.99. The van der Waals surface area contributed by atoms with Crippen molar-refractivity contribution in [2.75, 3.05) is 33.3 Å². The molecule has 1 aromatic carbocycles. The maximum atomic E-state index is 13.5. The van der Waals surface area contributed by atoms with Crippen LogP contribution in [0.1, 0.15) is 24.1 Å². The fourth-order valence-corrected chi connectivity index (χ4v) is 2.60. The Bertz CT molecular complexity index is 500. The van der Waals surface area contributed by atoms with Crippen molar-refractivity contribution in [2.24, 2.45) is 0 Å². The molecule has 0 radical (unpaired) electrons. The van der Waals surface area contributed by atoms with E-state index in [2.05, 4.69) is 10.2 Å². The second-order valence-electron chi connectivity index (χ2n) is 4.99. The summed E-state index contributed by atoms with van der Waals surface area (Å²) in [4.78, 5) is 2.19. The molecule has 2 unspecified atom stereocenters. The fraction of sp³-hybridized carbons (Fsp3) is 0.533. The maximum absolute atomic E-state index is 13.5. The summed E-state index contributed by atoms with van der Waals surface area (Å²) < 4.78 is 19.3. The Morgan fingerprint density at radius 3 is 3.05 bits per heavy atom. The minimum Gasteiger partial charge on any atom is -0.374 e. The topological polar surface area (TPSA) is 48.3 Å². The van der Waals surface area contributed by atoms with E-state index in [9.17, 15) is 4.39 Å². The third-order valence-corrected chi connectivity index (χ3v) is 3.65. The molecule has 0 saturated carbocycles. The van der Waals surface area contributed by atoms with Crippen LogP contribution in [0.3, 0.4) is 0 Å². The number of ether oxygens (including phenoxy) is 1. The van der Waals surface area contributed by atoms with Gasteiger partial charge in [-0.1, -0.05) is 13.0 Å². The Morgan fingerprint density at radius 1 is 1.55 bits per heavy atom. The van der Waals surface area contributed by atoms with Gasteiger partial charge in [-0.3, -0.25) is 4.90 Å². The van der Waals surface area contributed by atoms with Crippen LogP contribution in [-0.2, 0) is 4.74 Å². The number of rotatable bonds is 4. The lowest BCUT2D eigenvalue weighted by Gasteiger charge is -2.39. The highest BCUT2D eigenvalue weighted by Crippen LogP contribution is 2.29. The van der Waals surface area contributed by atoms with Gasteiger partial charge in [-0.15, -0.1) is 0 Å². The third-order valence-electron chi connectivity index (χ3n) is 3.65. The summed E-state index contributed by atoms with van der Waals surface area (Å²) in [6, 6.07) is 6.67. The first-order chi connectivity index (χ1) is 9.67. The summed E-state index contributed by atoms with van der Waals surface area (Å²) in [5, 5.41) is 12.3. The highest BCUT2D eigenvalue weighted by Gasteiger charge is 2.31. The SMILES string of the molecule is CCNCC1OCCN(C)C1c1ccc(F)c(C#N)c1. The molecule has 2 rings (SSSR count). The van der Waals surface area contributed by atoms with Gasteiger partial charge in [0.1, 0.15) is 11.9 Å². The van der Waals surface area contributed by atoms with Gasteiger partial charge in [0, 0.05) is 13.1 Å². The number of halogens is 1. The van der Waals surface area contributed by atoms with Crippen LogP contribution in [0.4, 0.5) is 4.39 Å². The Labute approximate surface area is 119 Å². The molecule has 5 heteroatoms. The minimum absolute atomic E-state index is 0.00528. The van der Waals surface area contributed by atoms with Crippen molar-refractivity contribution < 1.29 is 9.13 Å². The number of nitrogens with zero attached hydrogens (tertiary/aromatic N) is 2. The van der Waals surface area contributed by atoms with E-state index in [1.54, 1.807) is 12.1 Å². The van der Waals surface area contributed by atoms with Crippen molar-refractivity contribution in [1.29, 1.82) is 5.26 Å². The average Bonchev–Trinajstić information content (AvgIpc) is 2.46. The number of hydrogen-bond acceptors (Lipinski definition) is 4. The van der Waals surface area contributed by atoms with Crippen molar-refractivity contribution in [1.82, 2.24) is 10.2 Å². The zero-order valence-electron chi connectivity index (χ0n) is 11.9. The fourth-order valence-electron chi connectivity index (χ4n) is 2.60. The Balaban J connectivity index is 2.28. The summed E-state index contributed by atoms with van der Waals surface area (Å²) >= 11 is 0. The Morgan fingerprint density at radius 2 is 2.35 bits per heavy atom. The predicted molar refractivity (Wildman–Crippen MR) is 74.8 cm³/mol. The van der Waals surface area contributed by atoms with Gasteiger partial charge in [0.05, 0.1) is 24.3 Å². The molecule has 1 N–H and O–H groups in total. The van der Waals surface area contributed by atoms with Crippen molar-refractivity contribution in [3.63, 3.8) is 0 Å². The number of likely N-dealkylation sites (N-methyl/N-ethyl adjacent to an activating group) is 2. The molecule has 1 aliphatic rings. The van der Waals surface area contributed by atoms with Crippen LogP contribution in [0, 0.1) is 17.1 Å². The summed E-state index contributed by atoms with van der Waals surface area (Å²) in [6.45, 7) is 5.18. The molecule has 4 nitrogen and oxygen atoms in total. The molecule has 2 atom stereocenters. The van der Waals surface area contributed by atoms with E-state index >= 15 is 0 Å². The molecule has 1 heterocycles. The Hall–Kier alpha value is -1.48. The van der Waals surface area contributed by atoms with Crippen molar-refractivity contribution in [2.45, 2.75) is 19.1 Å². The highest BCUT2D eigenvalue weighted by atomic mass is 19.1. The molecular formula is C15H20FN3O. The summed E-state index contributed by atoms with van der Waals surface area (Å²) in [7, 11) is 2.03. The van der Waals surface area contributed by atoms with E-state index in [0.29, 0.717) is 6.61 Å². The van der Waals surface area contributed by atoms with Gasteiger partial charge < -0.3 is 10.1 Å². The summed E-state index contributed by atoms with van der Waals surface area (Å²) in [5.41, 5.74) is 1.01. The zero-order valence-corrected chi connectivity index (χ0v) is 11.9. The van der Waals surface area contributed by atoms with Gasteiger partial charge in [0.2, 0.25) is 0 Å². The molecule has 1 fully saturated rings. The Kier molecular flexibility index (Phi) is 5.07. The van der Waals surface area contributed by atoms with E-state index in [4.69, 9.17) is 10.00 Å². The number of hydrogen-bond donors (Lipinski definition) is 1. The van der Waals surface area contributed by atoms with E-state index in [1.807, 2.05) is 20.0 Å². The van der Waals surface area contributed by atoms with E-state index in [-0.39, 0.29) is 17.7 Å². The maximum Gasteiger partial charge on any atom is 0.140 e. The lowest BCUT2D eigenvalue weighted by Crippen LogP contribution is -2.47. The normalized spacial score (nSPS) is 23.5. The molecule has 20 heavy (non-hydrogen) atoms. The molecule has 1 aliphatic heterocycles. The highest BCUT2D eigenvalue weighted by molar-refractivity contribution is 5.36. The largest absolute Gasteiger partial charge is 0.374 e. The third kappa shape index (κ3) is 3.15. The molecule has 0 spiro atoms. The van der Waals surface area contributed by atoms with Gasteiger partial charge in [-0.05, 0) is 31.3 Å². The molecule has 1 saturated heterocycles. The predicted octanol–water partition coefficient (Wildman–Crippen LogP) is 1.68. The van der Waals surface area contributed by atoms with Crippen molar-refractivity contribution in [3.8, 4) is 6.07 Å². The average molecular weight is 277 g/mol. The summed E-state index contributed by atoms with van der Waals surface area (Å²) in [5.74, 6) is -0.473. The van der Waals surface area contributed by atoms with E-state index in [0.717, 1.165) is 25.2 Å². The first-order valence-corrected chi connectivity index (χ1v) is 6.89. The lowest BCUT2D eigenvalue weighted by molar-refractivity contribution is -0.0611. The lowest BCUT2D eigenvalue weighted by atomic mass is 9.96. The smallest absolute Gasteiger partial charge is 0.140 e. The first-order valence-electron chi connectivity index (χ1n) is 6.89. The second kappa shape index (κ2) is 6.80. The molecule has 0 aromatic heterocycles. The van der Waals surface area contributed by atoms with Crippen LogP contribution in [0.5, 0.6) is 0 Å². The monoisotopic (exact) mass is 277 g/mol. The van der Waals surface area contributed by atoms with Gasteiger partial charge >= 0.3 is 0 Å². The van der Waals surface area contributed by atoms with Crippen LogP contribution in [-0.4, -0.2) is 44.3 Å². The van der Waals surface area contributed by atoms with Gasteiger partial charge in [-0.2, -0.15) is 5.26 Å². The summed E-state index contributed by atoms with van der Waals surface area (Å²) in [6.07, 6.45) is 0.00528. The molecule has 0 aliphatic carbocycles. The molecular weight excluding hydrogens is 257 g/mol. The number of nitrogens with one attached hydrogen (secondary N) is 1. The number of nitriles is 1. The van der Waals surface area contributed by atoms with Crippen LogP contribution < -0.4 is 5.32 Å². The van der Waals surface area contributed by atoms with Crippen LogP contribution >= 0.6 is 0 Å². The molecule has 0 bridgehead atoms. The first kappa shape index (κ1) is 14.9. The van der Waals surface area contributed by atoms with Crippen LogP contribution in [0.2, 0.25) is 0 Å². The van der Waals surface area contributed by atoms with E-state index < -0.39 is 5.82 Å². The molecule has 0 amide bonds. The van der Waals surface area contributed by atoms with Gasteiger partial charge in [0.15, 0.2) is 0 Å². The quantitative estimate of drug-likeness (QED) is 0.909. The van der Waals surface area contributed by atoms with Gasteiger partial charge in [-0.25, -0.2) is 4.39 Å². The minimum atomic E-state index is -0.473. The van der Waals surface area contributed by atoms with E-state index in [1.165, 1.54) is 6.07 Å². The number of morpholine rings is 1. The molecule has 108 valence electrons. The zero-order chi connectivity index (χ0) is 14.5. The molecule has 1 aromatic rings. The van der Waals surface area contributed by atoms with Crippen LogP contribution in [0.15, 0.2) is 18.2 Å². The van der Waals surface area contributed by atoms with Crippen molar-refractivity contribution >= 4 is 0 Å². The van der Waals surface area contributed by atoms with Gasteiger partial charge in [0.25, 0.3) is 0 Å².